The maximum atomic E-state index is 12.2. The van der Waals surface area contributed by atoms with E-state index in [1.165, 1.54) is 0 Å². The number of hydrogen-bond acceptors (Lipinski definition) is 2. The second-order valence-electron chi connectivity index (χ2n) is 5.16. The number of aryl methyl sites for hydroxylation is 1. The van der Waals surface area contributed by atoms with Crippen molar-refractivity contribution in [3.05, 3.63) is 65.2 Å². The molecule has 1 N–H and O–H groups in total. The molecule has 0 bridgehead atoms. The summed E-state index contributed by atoms with van der Waals surface area (Å²) < 4.78 is 5.68. The summed E-state index contributed by atoms with van der Waals surface area (Å²) in [5, 5.41) is 3.03. The number of nitrogens with one attached hydrogen (secondary N) is 1. The zero-order valence-corrected chi connectivity index (χ0v) is 11.4. The minimum Gasteiger partial charge on any atom is -0.491 e. The van der Waals surface area contributed by atoms with Crippen molar-refractivity contribution in [3.8, 4) is 5.75 Å². The SMILES string of the molecule is Cc1ccc(C(=O)NC2COc3ccccc3C2)cc1. The first kappa shape index (κ1) is 12.7. The topological polar surface area (TPSA) is 38.3 Å². The molecule has 3 heteroatoms. The van der Waals surface area contributed by atoms with Gasteiger partial charge in [0, 0.05) is 5.56 Å². The van der Waals surface area contributed by atoms with E-state index in [4.69, 9.17) is 4.74 Å². The first-order valence-electron chi connectivity index (χ1n) is 6.80. The van der Waals surface area contributed by atoms with Gasteiger partial charge in [-0.1, -0.05) is 35.9 Å². The second-order valence-corrected chi connectivity index (χ2v) is 5.16. The van der Waals surface area contributed by atoms with Crippen molar-refractivity contribution in [3.63, 3.8) is 0 Å². The van der Waals surface area contributed by atoms with E-state index in [9.17, 15) is 4.79 Å². The van der Waals surface area contributed by atoms with Gasteiger partial charge >= 0.3 is 0 Å². The van der Waals surface area contributed by atoms with Crippen molar-refractivity contribution in [2.24, 2.45) is 0 Å². The molecular weight excluding hydrogens is 250 g/mol. The molecular formula is C17H17NO2. The number of hydrogen-bond donors (Lipinski definition) is 1. The molecule has 102 valence electrons. The van der Waals surface area contributed by atoms with E-state index in [0.717, 1.165) is 23.3 Å². The van der Waals surface area contributed by atoms with Gasteiger partial charge in [-0.15, -0.1) is 0 Å². The summed E-state index contributed by atoms with van der Waals surface area (Å²) in [6.45, 7) is 2.53. The Bertz CT molecular complexity index is 619. The lowest BCUT2D eigenvalue weighted by atomic mass is 10.0. The Morgan fingerprint density at radius 1 is 1.15 bits per heavy atom. The molecule has 2 aromatic carbocycles. The van der Waals surface area contributed by atoms with Crippen molar-refractivity contribution >= 4 is 5.91 Å². The third-order valence-electron chi connectivity index (χ3n) is 3.53. The van der Waals surface area contributed by atoms with E-state index in [0.29, 0.717) is 12.2 Å². The fourth-order valence-electron chi connectivity index (χ4n) is 2.39. The predicted octanol–water partition coefficient (Wildman–Crippen LogP) is 2.73. The highest BCUT2D eigenvalue weighted by Crippen LogP contribution is 2.23. The predicted molar refractivity (Wildman–Crippen MR) is 78.1 cm³/mol. The van der Waals surface area contributed by atoms with Crippen LogP contribution in [0.1, 0.15) is 21.5 Å². The molecule has 1 aliphatic heterocycles. The van der Waals surface area contributed by atoms with Gasteiger partial charge in [-0.25, -0.2) is 0 Å². The molecule has 0 radical (unpaired) electrons. The number of rotatable bonds is 2. The maximum absolute atomic E-state index is 12.2. The molecule has 20 heavy (non-hydrogen) atoms. The van der Waals surface area contributed by atoms with E-state index in [1.54, 1.807) is 0 Å². The number of ether oxygens (including phenoxy) is 1. The van der Waals surface area contributed by atoms with Crippen LogP contribution < -0.4 is 10.1 Å². The molecule has 0 saturated heterocycles. The molecule has 0 fully saturated rings. The Labute approximate surface area is 118 Å². The van der Waals surface area contributed by atoms with Crippen LogP contribution in [0.3, 0.4) is 0 Å². The van der Waals surface area contributed by atoms with Crippen LogP contribution in [0.15, 0.2) is 48.5 Å². The fourth-order valence-corrected chi connectivity index (χ4v) is 2.39. The number of fused-ring (bicyclic) bond motifs is 1. The molecule has 0 aromatic heterocycles. The van der Waals surface area contributed by atoms with Gasteiger partial charge in [0.15, 0.2) is 0 Å². The molecule has 1 unspecified atom stereocenters. The average Bonchev–Trinajstić information content (AvgIpc) is 2.48. The normalized spacial score (nSPS) is 16.9. The van der Waals surface area contributed by atoms with Crippen LogP contribution in [0.2, 0.25) is 0 Å². The van der Waals surface area contributed by atoms with Gasteiger partial charge in [0.1, 0.15) is 12.4 Å². The van der Waals surface area contributed by atoms with Crippen molar-refractivity contribution < 1.29 is 9.53 Å². The summed E-state index contributed by atoms with van der Waals surface area (Å²) in [6, 6.07) is 15.6. The van der Waals surface area contributed by atoms with Gasteiger partial charge < -0.3 is 10.1 Å². The minimum absolute atomic E-state index is 0.0266. The van der Waals surface area contributed by atoms with E-state index in [2.05, 4.69) is 5.32 Å². The van der Waals surface area contributed by atoms with Crippen LogP contribution in [-0.2, 0) is 6.42 Å². The van der Waals surface area contributed by atoms with Crippen LogP contribution in [0.25, 0.3) is 0 Å². The van der Waals surface area contributed by atoms with Crippen molar-refractivity contribution in [1.29, 1.82) is 0 Å². The Kier molecular flexibility index (Phi) is 3.42. The van der Waals surface area contributed by atoms with Gasteiger partial charge in [-0.05, 0) is 37.1 Å². The number of para-hydroxylation sites is 1. The first-order valence-corrected chi connectivity index (χ1v) is 6.80. The third-order valence-corrected chi connectivity index (χ3v) is 3.53. The van der Waals surface area contributed by atoms with Gasteiger partial charge in [0.05, 0.1) is 6.04 Å². The summed E-state index contributed by atoms with van der Waals surface area (Å²) in [5.41, 5.74) is 2.99. The summed E-state index contributed by atoms with van der Waals surface area (Å²) in [4.78, 5) is 12.2. The van der Waals surface area contributed by atoms with E-state index >= 15 is 0 Å². The fraction of sp³-hybridized carbons (Fsp3) is 0.235. The van der Waals surface area contributed by atoms with Crippen molar-refractivity contribution in [2.75, 3.05) is 6.61 Å². The van der Waals surface area contributed by atoms with E-state index < -0.39 is 0 Å². The number of benzene rings is 2. The highest BCUT2D eigenvalue weighted by atomic mass is 16.5. The van der Waals surface area contributed by atoms with Crippen LogP contribution in [-0.4, -0.2) is 18.6 Å². The largest absolute Gasteiger partial charge is 0.491 e. The lowest BCUT2D eigenvalue weighted by Gasteiger charge is -2.26. The summed E-state index contributed by atoms with van der Waals surface area (Å²) >= 11 is 0. The zero-order chi connectivity index (χ0) is 13.9. The van der Waals surface area contributed by atoms with Gasteiger partial charge in [-0.2, -0.15) is 0 Å². The summed E-state index contributed by atoms with van der Waals surface area (Å²) in [6.07, 6.45) is 0.813. The Morgan fingerprint density at radius 2 is 1.90 bits per heavy atom. The quantitative estimate of drug-likeness (QED) is 0.908. The molecule has 1 heterocycles. The number of carbonyl (C=O) groups excluding carboxylic acids is 1. The highest BCUT2D eigenvalue weighted by molar-refractivity contribution is 5.94. The van der Waals surface area contributed by atoms with Crippen LogP contribution >= 0.6 is 0 Å². The number of carbonyl (C=O) groups is 1. The second kappa shape index (κ2) is 5.37. The standard InChI is InChI=1S/C17H17NO2/c1-12-6-8-13(9-7-12)17(19)18-15-10-14-4-2-3-5-16(14)20-11-15/h2-9,15H,10-11H2,1H3,(H,18,19). The molecule has 0 saturated carbocycles. The molecule has 0 spiro atoms. The number of amides is 1. The molecule has 3 nitrogen and oxygen atoms in total. The van der Waals surface area contributed by atoms with E-state index in [1.807, 2.05) is 55.5 Å². The zero-order valence-electron chi connectivity index (χ0n) is 11.4. The average molecular weight is 267 g/mol. The lowest BCUT2D eigenvalue weighted by Crippen LogP contribution is -2.42. The molecule has 1 atom stereocenters. The first-order chi connectivity index (χ1) is 9.72. The Hall–Kier alpha value is -2.29. The van der Waals surface area contributed by atoms with Crippen molar-refractivity contribution in [2.45, 2.75) is 19.4 Å². The van der Waals surface area contributed by atoms with Crippen LogP contribution in [0.5, 0.6) is 5.75 Å². The third kappa shape index (κ3) is 2.67. The van der Waals surface area contributed by atoms with Crippen molar-refractivity contribution in [1.82, 2.24) is 5.32 Å². The lowest BCUT2D eigenvalue weighted by molar-refractivity contribution is 0.0915. The summed E-state index contributed by atoms with van der Waals surface area (Å²) in [5.74, 6) is 0.881. The molecule has 0 aliphatic carbocycles. The molecule has 3 rings (SSSR count). The van der Waals surface area contributed by atoms with Crippen LogP contribution in [0, 0.1) is 6.92 Å². The molecule has 1 aliphatic rings. The Morgan fingerprint density at radius 3 is 2.70 bits per heavy atom. The van der Waals surface area contributed by atoms with E-state index in [-0.39, 0.29) is 11.9 Å². The van der Waals surface area contributed by atoms with Gasteiger partial charge in [0.25, 0.3) is 5.91 Å². The molecule has 2 aromatic rings. The van der Waals surface area contributed by atoms with Gasteiger partial charge in [0.2, 0.25) is 0 Å². The van der Waals surface area contributed by atoms with Crippen LogP contribution in [0.4, 0.5) is 0 Å². The summed E-state index contributed by atoms with van der Waals surface area (Å²) in [7, 11) is 0. The smallest absolute Gasteiger partial charge is 0.251 e. The van der Waals surface area contributed by atoms with Gasteiger partial charge in [-0.3, -0.25) is 4.79 Å². The minimum atomic E-state index is -0.0435. The molecule has 1 amide bonds. The Balaban J connectivity index is 1.67. The highest BCUT2D eigenvalue weighted by Gasteiger charge is 2.21. The maximum Gasteiger partial charge on any atom is 0.251 e. The monoisotopic (exact) mass is 267 g/mol.